The van der Waals surface area contributed by atoms with E-state index in [1.165, 1.54) is 12.1 Å². The van der Waals surface area contributed by atoms with Crippen molar-refractivity contribution in [3.05, 3.63) is 70.8 Å². The van der Waals surface area contributed by atoms with Gasteiger partial charge in [0.15, 0.2) is 0 Å². The minimum atomic E-state index is -0.515. The summed E-state index contributed by atoms with van der Waals surface area (Å²) in [5, 5.41) is 11.2. The number of nitro benzene ring substituents is 1. The first-order valence-electron chi connectivity index (χ1n) is 8.07. The fourth-order valence-corrected chi connectivity index (χ4v) is 2.85. The molecule has 0 radical (unpaired) electrons. The Bertz CT molecular complexity index is 1180. The van der Waals surface area contributed by atoms with Crippen LogP contribution in [0.3, 0.4) is 0 Å². The predicted molar refractivity (Wildman–Crippen MR) is 104 cm³/mol. The van der Waals surface area contributed by atoms with Crippen molar-refractivity contribution in [2.24, 2.45) is 0 Å². The predicted octanol–water partition coefficient (Wildman–Crippen LogP) is 3.43. The second kappa shape index (κ2) is 6.34. The molecule has 0 saturated carbocycles. The van der Waals surface area contributed by atoms with E-state index < -0.39 is 4.92 Å². The normalized spacial score (nSPS) is 10.8. The molecule has 0 atom stereocenters. The van der Waals surface area contributed by atoms with Crippen molar-refractivity contribution >= 4 is 28.4 Å². The molecule has 4 aromatic rings. The SMILES string of the molecule is Nc1nc(-c2ccccc2)c2nc(-c3ccc(N)c([N+](=O)[O-])c3)ccc2n1. The lowest BCUT2D eigenvalue weighted by atomic mass is 10.1. The van der Waals surface area contributed by atoms with Gasteiger partial charge in [-0.15, -0.1) is 0 Å². The molecule has 4 rings (SSSR count). The second-order valence-electron chi connectivity index (χ2n) is 5.89. The Kier molecular flexibility index (Phi) is 3.85. The smallest absolute Gasteiger partial charge is 0.292 e. The highest BCUT2D eigenvalue weighted by molar-refractivity contribution is 5.91. The van der Waals surface area contributed by atoms with E-state index in [-0.39, 0.29) is 17.3 Å². The average Bonchev–Trinajstić information content (AvgIpc) is 2.68. The molecule has 4 N–H and O–H groups in total. The van der Waals surface area contributed by atoms with Crippen LogP contribution in [0.25, 0.3) is 33.5 Å². The van der Waals surface area contributed by atoms with Crippen molar-refractivity contribution in [1.29, 1.82) is 0 Å². The maximum Gasteiger partial charge on any atom is 0.292 e. The highest BCUT2D eigenvalue weighted by Gasteiger charge is 2.15. The molecule has 0 bridgehead atoms. The van der Waals surface area contributed by atoms with Gasteiger partial charge in [0.25, 0.3) is 5.69 Å². The molecule has 0 fully saturated rings. The molecule has 27 heavy (non-hydrogen) atoms. The standard InChI is InChI=1S/C19H14N6O2/c20-13-7-6-12(10-16(13)25(26)27)14-8-9-15-18(22-14)17(24-19(21)23-15)11-4-2-1-3-5-11/h1-10H,20H2,(H2,21,23,24). The third-order valence-corrected chi connectivity index (χ3v) is 4.13. The molecule has 2 aromatic heterocycles. The van der Waals surface area contributed by atoms with Crippen LogP contribution in [-0.2, 0) is 0 Å². The van der Waals surface area contributed by atoms with Crippen LogP contribution in [0.15, 0.2) is 60.7 Å². The van der Waals surface area contributed by atoms with Crippen molar-refractivity contribution in [1.82, 2.24) is 15.0 Å². The van der Waals surface area contributed by atoms with Gasteiger partial charge in [-0.25, -0.2) is 15.0 Å². The van der Waals surface area contributed by atoms with Gasteiger partial charge in [-0.3, -0.25) is 10.1 Å². The van der Waals surface area contributed by atoms with Gasteiger partial charge in [0.1, 0.15) is 16.9 Å². The summed E-state index contributed by atoms with van der Waals surface area (Å²) >= 11 is 0. The van der Waals surface area contributed by atoms with Crippen molar-refractivity contribution in [3.63, 3.8) is 0 Å². The van der Waals surface area contributed by atoms with Gasteiger partial charge in [0.2, 0.25) is 5.95 Å². The van der Waals surface area contributed by atoms with Crippen LogP contribution in [0, 0.1) is 10.1 Å². The quantitative estimate of drug-likeness (QED) is 0.325. The highest BCUT2D eigenvalue weighted by Crippen LogP contribution is 2.31. The number of nitro groups is 1. The monoisotopic (exact) mass is 358 g/mol. The van der Waals surface area contributed by atoms with Gasteiger partial charge in [0.05, 0.1) is 16.1 Å². The number of pyridine rings is 1. The Balaban J connectivity index is 1.94. The van der Waals surface area contributed by atoms with Crippen LogP contribution >= 0.6 is 0 Å². The van der Waals surface area contributed by atoms with Gasteiger partial charge in [-0.1, -0.05) is 36.4 Å². The van der Waals surface area contributed by atoms with Crippen LogP contribution < -0.4 is 11.5 Å². The summed E-state index contributed by atoms with van der Waals surface area (Å²) in [5.41, 5.74) is 15.2. The van der Waals surface area contributed by atoms with Gasteiger partial charge in [-0.05, 0) is 18.2 Å². The number of nitrogen functional groups attached to an aromatic ring is 2. The molecule has 0 aliphatic heterocycles. The first-order valence-corrected chi connectivity index (χ1v) is 8.07. The molecule has 0 unspecified atom stereocenters. The second-order valence-corrected chi connectivity index (χ2v) is 5.89. The largest absolute Gasteiger partial charge is 0.393 e. The molecular formula is C19H14N6O2. The van der Waals surface area contributed by atoms with E-state index in [9.17, 15) is 10.1 Å². The minimum absolute atomic E-state index is 0.102. The lowest BCUT2D eigenvalue weighted by molar-refractivity contribution is -0.383. The van der Waals surface area contributed by atoms with E-state index >= 15 is 0 Å². The Morgan fingerprint density at radius 1 is 0.852 bits per heavy atom. The average molecular weight is 358 g/mol. The summed E-state index contributed by atoms with van der Waals surface area (Å²) in [5.74, 6) is 0.152. The molecule has 0 aliphatic rings. The fourth-order valence-electron chi connectivity index (χ4n) is 2.85. The summed E-state index contributed by atoms with van der Waals surface area (Å²) in [6, 6.07) is 17.6. The van der Waals surface area contributed by atoms with Gasteiger partial charge in [-0.2, -0.15) is 0 Å². The molecule has 8 heteroatoms. The van der Waals surface area contributed by atoms with Crippen LogP contribution in [0.4, 0.5) is 17.3 Å². The fraction of sp³-hybridized carbons (Fsp3) is 0. The van der Waals surface area contributed by atoms with Gasteiger partial charge < -0.3 is 11.5 Å². The number of benzene rings is 2. The molecule has 0 aliphatic carbocycles. The molecule has 2 aromatic carbocycles. The van der Waals surface area contributed by atoms with Crippen molar-refractivity contribution < 1.29 is 4.92 Å². The summed E-state index contributed by atoms with van der Waals surface area (Å²) in [6.07, 6.45) is 0. The van der Waals surface area contributed by atoms with Crippen molar-refractivity contribution in [3.8, 4) is 22.5 Å². The number of rotatable bonds is 3. The number of nitrogens with two attached hydrogens (primary N) is 2. The number of anilines is 2. The Morgan fingerprint density at radius 2 is 1.63 bits per heavy atom. The molecule has 8 nitrogen and oxygen atoms in total. The Morgan fingerprint density at radius 3 is 2.37 bits per heavy atom. The Labute approximate surface area is 153 Å². The number of hydrogen-bond donors (Lipinski definition) is 2. The van der Waals surface area contributed by atoms with Gasteiger partial charge >= 0.3 is 0 Å². The third-order valence-electron chi connectivity index (χ3n) is 4.13. The third kappa shape index (κ3) is 2.99. The first-order chi connectivity index (χ1) is 13.0. The molecule has 0 amide bonds. The van der Waals surface area contributed by atoms with E-state index in [1.54, 1.807) is 18.2 Å². The van der Waals surface area contributed by atoms with E-state index in [2.05, 4.69) is 15.0 Å². The summed E-state index contributed by atoms with van der Waals surface area (Å²) in [4.78, 5) is 23.9. The number of aromatic nitrogens is 3. The number of nitrogens with zero attached hydrogens (tertiary/aromatic N) is 4. The molecule has 132 valence electrons. The highest BCUT2D eigenvalue weighted by atomic mass is 16.6. The molecular weight excluding hydrogens is 344 g/mol. The van der Waals surface area contributed by atoms with Crippen molar-refractivity contribution in [2.75, 3.05) is 11.5 Å². The van der Waals surface area contributed by atoms with Gasteiger partial charge in [0, 0.05) is 17.2 Å². The Hall–Kier alpha value is -4.07. The van der Waals surface area contributed by atoms with E-state index in [1.807, 2.05) is 30.3 Å². The summed E-state index contributed by atoms with van der Waals surface area (Å²) < 4.78 is 0. The topological polar surface area (TPSA) is 134 Å². The minimum Gasteiger partial charge on any atom is -0.393 e. The molecule has 2 heterocycles. The van der Waals surface area contributed by atoms with Crippen molar-refractivity contribution in [2.45, 2.75) is 0 Å². The first kappa shape index (κ1) is 16.4. The maximum absolute atomic E-state index is 11.2. The van der Waals surface area contributed by atoms with Crippen LogP contribution in [-0.4, -0.2) is 19.9 Å². The molecule has 0 spiro atoms. The lowest BCUT2D eigenvalue weighted by Gasteiger charge is -2.09. The van der Waals surface area contributed by atoms with Crippen LogP contribution in [0.1, 0.15) is 0 Å². The number of fused-ring (bicyclic) bond motifs is 1. The lowest BCUT2D eigenvalue weighted by Crippen LogP contribution is -2.00. The zero-order chi connectivity index (χ0) is 19.0. The van der Waals surface area contributed by atoms with E-state index in [4.69, 9.17) is 11.5 Å². The van der Waals surface area contributed by atoms with E-state index in [0.717, 1.165) is 5.56 Å². The zero-order valence-corrected chi connectivity index (χ0v) is 14.0. The molecule has 0 saturated heterocycles. The van der Waals surface area contributed by atoms with Crippen LogP contribution in [0.5, 0.6) is 0 Å². The summed E-state index contributed by atoms with van der Waals surface area (Å²) in [7, 11) is 0. The maximum atomic E-state index is 11.2. The van der Waals surface area contributed by atoms with Crippen LogP contribution in [0.2, 0.25) is 0 Å². The zero-order valence-electron chi connectivity index (χ0n) is 14.0. The number of hydrogen-bond acceptors (Lipinski definition) is 7. The summed E-state index contributed by atoms with van der Waals surface area (Å²) in [6.45, 7) is 0. The van der Waals surface area contributed by atoms with E-state index in [0.29, 0.717) is 28.0 Å².